The van der Waals surface area contributed by atoms with Gasteiger partial charge >= 0.3 is 11.9 Å². The molecule has 1 unspecified atom stereocenters. The Kier molecular flexibility index (Phi) is 11.6. The molecule has 2 aliphatic heterocycles. The summed E-state index contributed by atoms with van der Waals surface area (Å²) in [7, 11) is 4.28. The largest absolute Gasteiger partial charge is 0.508 e. The van der Waals surface area contributed by atoms with Gasteiger partial charge in [0, 0.05) is 53.8 Å². The summed E-state index contributed by atoms with van der Waals surface area (Å²) in [4.78, 5) is 35.6. The van der Waals surface area contributed by atoms with Crippen LogP contribution in [-0.2, 0) is 24.5 Å². The highest BCUT2D eigenvalue weighted by molar-refractivity contribution is 6.01. The van der Waals surface area contributed by atoms with Crippen LogP contribution >= 0.6 is 0 Å². The van der Waals surface area contributed by atoms with Crippen LogP contribution in [0.3, 0.4) is 0 Å². The van der Waals surface area contributed by atoms with E-state index in [9.17, 15) is 5.11 Å². The van der Waals surface area contributed by atoms with Gasteiger partial charge in [-0.3, -0.25) is 19.4 Å². The maximum atomic E-state index is 15.4. The number of unbranched alkanes of at least 4 members (excludes halogenated alkanes) is 1. The van der Waals surface area contributed by atoms with Gasteiger partial charge in [0.25, 0.3) is 0 Å². The first-order chi connectivity index (χ1) is 22.0. The van der Waals surface area contributed by atoms with E-state index in [-0.39, 0.29) is 45.5 Å². The minimum atomic E-state index is -1.61. The van der Waals surface area contributed by atoms with Gasteiger partial charge in [0.05, 0.1) is 0 Å². The van der Waals surface area contributed by atoms with Gasteiger partial charge in [-0.2, -0.15) is 0 Å². The number of carbonyl (C=O) groups is 2. The quantitative estimate of drug-likeness (QED) is 0.205. The van der Waals surface area contributed by atoms with Crippen LogP contribution in [0.2, 0.25) is 0 Å². The number of nitrogens with zero attached hydrogens (tertiary/aromatic N) is 2. The van der Waals surface area contributed by atoms with Gasteiger partial charge in [-0.25, -0.2) is 0 Å². The molecular formula is C42H72N2O5. The van der Waals surface area contributed by atoms with Crippen LogP contribution in [0.15, 0.2) is 18.2 Å². The number of phenolic OH excluding ortho intramolecular Hbond substituents is 1. The van der Waals surface area contributed by atoms with Crippen LogP contribution in [0.5, 0.6) is 5.75 Å². The molecule has 0 aromatic heterocycles. The fraction of sp³-hybridized carbons (Fsp3) is 0.810. The highest BCUT2D eigenvalue weighted by atomic mass is 16.6. The number of hydrogen-bond acceptors (Lipinski definition) is 7. The first-order valence-corrected chi connectivity index (χ1v) is 18.8. The molecule has 1 aromatic rings. The topological polar surface area (TPSA) is 79.3 Å². The molecule has 3 rings (SSSR count). The summed E-state index contributed by atoms with van der Waals surface area (Å²) in [6, 6.07) is 5.42. The van der Waals surface area contributed by atoms with Crippen LogP contribution in [-0.4, -0.2) is 75.3 Å². The summed E-state index contributed by atoms with van der Waals surface area (Å²) in [6.45, 7) is 32.3. The van der Waals surface area contributed by atoms with E-state index in [0.717, 1.165) is 17.5 Å². The van der Waals surface area contributed by atoms with E-state index in [1.807, 2.05) is 6.07 Å². The molecule has 2 fully saturated rings. The third-order valence-corrected chi connectivity index (χ3v) is 12.3. The molecule has 0 bridgehead atoms. The number of esters is 2. The van der Waals surface area contributed by atoms with E-state index in [0.29, 0.717) is 38.5 Å². The Bertz CT molecular complexity index is 1250. The Morgan fingerprint density at radius 3 is 1.49 bits per heavy atom. The molecule has 2 saturated heterocycles. The smallest absolute Gasteiger partial charge is 0.324 e. The molecule has 0 saturated carbocycles. The molecule has 280 valence electrons. The maximum absolute atomic E-state index is 15.4. The molecular weight excluding hydrogens is 612 g/mol. The molecule has 1 atom stereocenters. The second-order valence-electron chi connectivity index (χ2n) is 20.1. The average molecular weight is 685 g/mol. The Hall–Kier alpha value is -2.12. The molecule has 1 N–H and O–H groups in total. The van der Waals surface area contributed by atoms with E-state index in [1.54, 1.807) is 12.1 Å². The molecule has 2 aliphatic rings. The van der Waals surface area contributed by atoms with Crippen molar-refractivity contribution >= 4 is 11.9 Å². The van der Waals surface area contributed by atoms with Crippen molar-refractivity contribution in [2.45, 2.75) is 194 Å². The number of rotatable bonds is 9. The van der Waals surface area contributed by atoms with E-state index < -0.39 is 28.7 Å². The molecule has 2 heterocycles. The molecule has 0 radical (unpaired) electrons. The van der Waals surface area contributed by atoms with E-state index in [1.165, 1.54) is 0 Å². The van der Waals surface area contributed by atoms with Gasteiger partial charge in [0.2, 0.25) is 0 Å². The number of likely N-dealkylation sites (tertiary alicyclic amines) is 2. The zero-order chi connectivity index (χ0) is 37.8. The molecule has 0 spiro atoms. The highest BCUT2D eigenvalue weighted by Gasteiger charge is 2.61. The van der Waals surface area contributed by atoms with E-state index in [4.69, 9.17) is 9.47 Å². The Balaban J connectivity index is 2.32. The Labute approximate surface area is 299 Å². The molecule has 0 amide bonds. The van der Waals surface area contributed by atoms with Gasteiger partial charge in [-0.1, -0.05) is 67.4 Å². The number of ether oxygens (including phenoxy) is 2. The molecule has 0 aliphatic carbocycles. The summed E-state index contributed by atoms with van der Waals surface area (Å²) in [5, 5.41) is 10.7. The van der Waals surface area contributed by atoms with Crippen LogP contribution < -0.4 is 0 Å². The van der Waals surface area contributed by atoms with Crippen molar-refractivity contribution in [3.8, 4) is 5.75 Å². The summed E-state index contributed by atoms with van der Waals surface area (Å²) in [5.41, 5.74) is -1.55. The van der Waals surface area contributed by atoms with Crippen LogP contribution in [0.1, 0.15) is 166 Å². The number of carbonyl (C=O) groups excluding carboxylic acids is 2. The van der Waals surface area contributed by atoms with E-state index in [2.05, 4.69) is 128 Å². The van der Waals surface area contributed by atoms with Crippen LogP contribution in [0, 0.1) is 10.8 Å². The minimum absolute atomic E-state index is 0.164. The van der Waals surface area contributed by atoms with Gasteiger partial charge in [-0.05, 0) is 110 Å². The molecule has 1 aromatic carbocycles. The third-order valence-electron chi connectivity index (χ3n) is 12.3. The number of phenols is 1. The fourth-order valence-electron chi connectivity index (χ4n) is 9.28. The van der Waals surface area contributed by atoms with Crippen molar-refractivity contribution in [1.82, 2.24) is 9.80 Å². The number of piperidine rings is 2. The van der Waals surface area contributed by atoms with Gasteiger partial charge in [0.1, 0.15) is 18.0 Å². The highest BCUT2D eigenvalue weighted by Crippen LogP contribution is 2.55. The molecule has 49 heavy (non-hydrogen) atoms. The molecule has 7 nitrogen and oxygen atoms in total. The van der Waals surface area contributed by atoms with Crippen molar-refractivity contribution in [2.75, 3.05) is 14.1 Å². The van der Waals surface area contributed by atoms with Crippen LogP contribution in [0.25, 0.3) is 0 Å². The summed E-state index contributed by atoms with van der Waals surface area (Å²) >= 11 is 0. The first-order valence-electron chi connectivity index (χ1n) is 18.8. The number of hydrogen-bond donors (Lipinski definition) is 1. The number of benzene rings is 1. The lowest BCUT2D eigenvalue weighted by atomic mass is 9.57. The Morgan fingerprint density at radius 2 is 1.16 bits per heavy atom. The second kappa shape index (κ2) is 13.8. The standard InChI is InChI=1S/C42H72N2O5/c1-18-19-22-42(34(46)48-29-24-38(8,9)43(16)39(10,11)25-29,35(47)49-30-26-40(12,13)44(17)41(14,15)27-30)33(37(5,6)7)31-21-20-28(45)23-32(31)36(2,3)4/h20-21,23,29-30,33,45H,18-19,22,24-27H2,1-17H3. The van der Waals surface area contributed by atoms with Gasteiger partial charge < -0.3 is 14.6 Å². The number of aromatic hydroxyl groups is 1. The van der Waals surface area contributed by atoms with Crippen molar-refractivity contribution in [1.29, 1.82) is 0 Å². The fourth-order valence-corrected chi connectivity index (χ4v) is 9.28. The average Bonchev–Trinajstić information content (AvgIpc) is 2.91. The second-order valence-corrected chi connectivity index (χ2v) is 20.1. The predicted molar refractivity (Wildman–Crippen MR) is 201 cm³/mol. The minimum Gasteiger partial charge on any atom is -0.508 e. The van der Waals surface area contributed by atoms with Gasteiger partial charge in [0.15, 0.2) is 5.41 Å². The van der Waals surface area contributed by atoms with Gasteiger partial charge in [-0.15, -0.1) is 0 Å². The Morgan fingerprint density at radius 1 is 0.776 bits per heavy atom. The van der Waals surface area contributed by atoms with Crippen molar-refractivity contribution in [3.05, 3.63) is 29.3 Å². The van der Waals surface area contributed by atoms with Crippen molar-refractivity contribution in [2.24, 2.45) is 10.8 Å². The lowest BCUT2D eigenvalue weighted by Gasteiger charge is -2.54. The van der Waals surface area contributed by atoms with Crippen LogP contribution in [0.4, 0.5) is 0 Å². The summed E-state index contributed by atoms with van der Waals surface area (Å²) in [5.74, 6) is -1.38. The zero-order valence-corrected chi connectivity index (χ0v) is 34.4. The SMILES string of the molecule is CCCCC(C(=O)OC1CC(C)(C)N(C)C(C)(C)C1)(C(=O)OC1CC(C)(C)N(C)C(C)(C)C1)C(c1ccc(O)cc1C(C)(C)C)C(C)(C)C. The summed E-state index contributed by atoms with van der Waals surface area (Å²) < 4.78 is 13.4. The molecule has 7 heteroatoms. The third kappa shape index (κ3) is 8.51. The van der Waals surface area contributed by atoms with Crippen molar-refractivity contribution < 1.29 is 24.2 Å². The maximum Gasteiger partial charge on any atom is 0.324 e. The lowest BCUT2D eigenvalue weighted by Crippen LogP contribution is -2.62. The first kappa shape index (κ1) is 41.3. The van der Waals surface area contributed by atoms with E-state index >= 15 is 9.59 Å². The zero-order valence-electron chi connectivity index (χ0n) is 34.4. The van der Waals surface area contributed by atoms with Crippen molar-refractivity contribution in [3.63, 3.8) is 0 Å². The lowest BCUT2D eigenvalue weighted by molar-refractivity contribution is -0.193. The summed E-state index contributed by atoms with van der Waals surface area (Å²) in [6.07, 6.45) is 3.74. The predicted octanol–water partition coefficient (Wildman–Crippen LogP) is 9.39. The normalized spacial score (nSPS) is 22.8. The monoisotopic (exact) mass is 685 g/mol.